The highest BCUT2D eigenvalue weighted by Crippen LogP contribution is 2.12. The zero-order chi connectivity index (χ0) is 13.4. The van der Waals surface area contributed by atoms with Gasteiger partial charge in [0, 0.05) is 20.1 Å². The molecular weight excluding hydrogens is 246 g/mol. The van der Waals surface area contributed by atoms with Crippen molar-refractivity contribution in [1.82, 2.24) is 24.6 Å². The quantitative estimate of drug-likeness (QED) is 0.771. The first-order valence-electron chi connectivity index (χ1n) is 6.45. The molecule has 0 spiro atoms. The normalized spacial score (nSPS) is 18.2. The molecule has 102 valence electrons. The van der Waals surface area contributed by atoms with E-state index in [9.17, 15) is 9.90 Å². The summed E-state index contributed by atoms with van der Waals surface area (Å²) in [5, 5.41) is 14.0. The summed E-state index contributed by atoms with van der Waals surface area (Å²) in [7, 11) is 1.77. The van der Waals surface area contributed by atoms with E-state index in [4.69, 9.17) is 0 Å². The molecule has 3 heterocycles. The van der Waals surface area contributed by atoms with Gasteiger partial charge in [0.25, 0.3) is 5.56 Å². The van der Waals surface area contributed by atoms with E-state index in [1.165, 1.54) is 6.20 Å². The van der Waals surface area contributed by atoms with E-state index in [0.29, 0.717) is 23.4 Å². The number of rotatable bonds is 2. The van der Waals surface area contributed by atoms with Crippen LogP contribution in [0.1, 0.15) is 18.7 Å². The summed E-state index contributed by atoms with van der Waals surface area (Å²) >= 11 is 0. The third-order valence-electron chi connectivity index (χ3n) is 3.58. The monoisotopic (exact) mass is 263 g/mol. The first-order valence-corrected chi connectivity index (χ1v) is 6.45. The van der Waals surface area contributed by atoms with Gasteiger partial charge in [-0.05, 0) is 12.8 Å². The summed E-state index contributed by atoms with van der Waals surface area (Å²) in [6.07, 6.45) is 2.89. The number of piperidine rings is 1. The standard InChI is InChI=1S/C12H17N5O2/c1-16-11-9(6-13-16)12(19)15-10(14-11)7-17-4-2-8(18)3-5-17/h6,8,18H,2-5,7H2,1H3,(H,14,15,19). The molecule has 7 nitrogen and oxygen atoms in total. The number of H-pyrrole nitrogens is 1. The third kappa shape index (κ3) is 2.39. The first kappa shape index (κ1) is 12.3. The number of aromatic amines is 1. The highest BCUT2D eigenvalue weighted by Gasteiger charge is 2.18. The van der Waals surface area contributed by atoms with Crippen molar-refractivity contribution in [3.63, 3.8) is 0 Å². The molecule has 0 radical (unpaired) electrons. The molecule has 0 aromatic carbocycles. The third-order valence-corrected chi connectivity index (χ3v) is 3.58. The van der Waals surface area contributed by atoms with Gasteiger partial charge in [-0.25, -0.2) is 4.98 Å². The Morgan fingerprint density at radius 2 is 2.21 bits per heavy atom. The Kier molecular flexibility index (Phi) is 3.08. The minimum atomic E-state index is -0.192. The average molecular weight is 263 g/mol. The minimum Gasteiger partial charge on any atom is -0.393 e. The molecule has 3 rings (SSSR count). The summed E-state index contributed by atoms with van der Waals surface area (Å²) in [5.41, 5.74) is 0.459. The van der Waals surface area contributed by atoms with Crippen LogP contribution in [-0.2, 0) is 13.6 Å². The number of hydrogen-bond donors (Lipinski definition) is 2. The molecular formula is C12H17N5O2. The van der Waals surface area contributed by atoms with Gasteiger partial charge in [0.1, 0.15) is 11.2 Å². The van der Waals surface area contributed by atoms with Gasteiger partial charge in [-0.2, -0.15) is 5.10 Å². The molecule has 7 heteroatoms. The number of hydrogen-bond acceptors (Lipinski definition) is 5. The van der Waals surface area contributed by atoms with E-state index in [-0.39, 0.29) is 11.7 Å². The number of nitrogens with zero attached hydrogens (tertiary/aromatic N) is 4. The van der Waals surface area contributed by atoms with Crippen LogP contribution in [0.5, 0.6) is 0 Å². The van der Waals surface area contributed by atoms with Crippen LogP contribution >= 0.6 is 0 Å². The fourth-order valence-corrected chi connectivity index (χ4v) is 2.44. The summed E-state index contributed by atoms with van der Waals surface area (Å²) < 4.78 is 1.61. The summed E-state index contributed by atoms with van der Waals surface area (Å²) in [5.74, 6) is 0.650. The highest BCUT2D eigenvalue weighted by molar-refractivity contribution is 5.72. The Balaban J connectivity index is 1.85. The smallest absolute Gasteiger partial charge is 0.262 e. The maximum absolute atomic E-state index is 11.9. The van der Waals surface area contributed by atoms with Gasteiger partial charge in [0.2, 0.25) is 0 Å². The van der Waals surface area contributed by atoms with E-state index in [0.717, 1.165) is 25.9 Å². The topological polar surface area (TPSA) is 87.0 Å². The number of likely N-dealkylation sites (tertiary alicyclic amines) is 1. The van der Waals surface area contributed by atoms with Gasteiger partial charge in [0.05, 0.1) is 18.8 Å². The van der Waals surface area contributed by atoms with Crippen LogP contribution < -0.4 is 5.56 Å². The maximum atomic E-state index is 11.9. The number of nitrogens with one attached hydrogen (secondary N) is 1. The molecule has 1 saturated heterocycles. The van der Waals surface area contributed by atoms with Gasteiger partial charge in [-0.3, -0.25) is 14.4 Å². The lowest BCUT2D eigenvalue weighted by atomic mass is 10.1. The van der Waals surface area contributed by atoms with Crippen LogP contribution in [0, 0.1) is 0 Å². The van der Waals surface area contributed by atoms with E-state index in [2.05, 4.69) is 20.0 Å². The van der Waals surface area contributed by atoms with Crippen LogP contribution in [0.2, 0.25) is 0 Å². The van der Waals surface area contributed by atoms with E-state index < -0.39 is 0 Å². The number of aliphatic hydroxyl groups is 1. The lowest BCUT2D eigenvalue weighted by Gasteiger charge is -2.28. The molecule has 1 aliphatic rings. The molecule has 2 aromatic heterocycles. The molecule has 1 fully saturated rings. The van der Waals surface area contributed by atoms with Gasteiger partial charge in [-0.1, -0.05) is 0 Å². The largest absolute Gasteiger partial charge is 0.393 e. The summed E-state index contributed by atoms with van der Waals surface area (Å²) in [4.78, 5) is 21.3. The van der Waals surface area contributed by atoms with Crippen molar-refractivity contribution < 1.29 is 5.11 Å². The van der Waals surface area contributed by atoms with Gasteiger partial charge in [-0.15, -0.1) is 0 Å². The van der Waals surface area contributed by atoms with Crippen molar-refractivity contribution in [2.24, 2.45) is 7.05 Å². The maximum Gasteiger partial charge on any atom is 0.262 e. The molecule has 0 unspecified atom stereocenters. The van der Waals surface area contributed by atoms with Crippen molar-refractivity contribution in [1.29, 1.82) is 0 Å². The molecule has 0 atom stereocenters. The van der Waals surface area contributed by atoms with Crippen molar-refractivity contribution >= 4 is 11.0 Å². The fourth-order valence-electron chi connectivity index (χ4n) is 2.44. The Morgan fingerprint density at radius 3 is 2.95 bits per heavy atom. The van der Waals surface area contributed by atoms with E-state index in [1.807, 2.05) is 0 Å². The SMILES string of the molecule is Cn1ncc2c(=O)[nH]c(CN3CCC(O)CC3)nc21. The predicted molar refractivity (Wildman–Crippen MR) is 69.6 cm³/mol. The van der Waals surface area contributed by atoms with Crippen LogP contribution in [-0.4, -0.2) is 48.9 Å². The Labute approximate surface area is 109 Å². The van der Waals surface area contributed by atoms with Gasteiger partial charge >= 0.3 is 0 Å². The van der Waals surface area contributed by atoms with E-state index in [1.54, 1.807) is 11.7 Å². The minimum absolute atomic E-state index is 0.148. The molecule has 0 aliphatic carbocycles. The number of aryl methyl sites for hydroxylation is 1. The molecule has 1 aliphatic heterocycles. The molecule has 19 heavy (non-hydrogen) atoms. The lowest BCUT2D eigenvalue weighted by molar-refractivity contribution is 0.0780. The number of aromatic nitrogens is 4. The summed E-state index contributed by atoms with van der Waals surface area (Å²) in [6.45, 7) is 2.26. The predicted octanol–water partition coefficient (Wildman–Crippen LogP) is -0.387. The second-order valence-corrected chi connectivity index (χ2v) is 5.03. The van der Waals surface area contributed by atoms with Crippen molar-refractivity contribution in [2.75, 3.05) is 13.1 Å². The zero-order valence-electron chi connectivity index (χ0n) is 10.8. The Morgan fingerprint density at radius 1 is 1.47 bits per heavy atom. The van der Waals surface area contributed by atoms with Crippen molar-refractivity contribution in [3.05, 3.63) is 22.4 Å². The highest BCUT2D eigenvalue weighted by atomic mass is 16.3. The zero-order valence-corrected chi connectivity index (χ0v) is 10.8. The van der Waals surface area contributed by atoms with E-state index >= 15 is 0 Å². The molecule has 0 saturated carbocycles. The molecule has 0 amide bonds. The van der Waals surface area contributed by atoms with Crippen molar-refractivity contribution in [2.45, 2.75) is 25.5 Å². The average Bonchev–Trinajstić information content (AvgIpc) is 2.75. The van der Waals surface area contributed by atoms with Crippen LogP contribution in [0.15, 0.2) is 11.0 Å². The Bertz CT molecular complexity index is 639. The second-order valence-electron chi connectivity index (χ2n) is 5.03. The van der Waals surface area contributed by atoms with Gasteiger partial charge < -0.3 is 10.1 Å². The molecule has 2 aromatic rings. The van der Waals surface area contributed by atoms with Crippen LogP contribution in [0.25, 0.3) is 11.0 Å². The fraction of sp³-hybridized carbons (Fsp3) is 0.583. The summed E-state index contributed by atoms with van der Waals surface area (Å²) in [6, 6.07) is 0. The van der Waals surface area contributed by atoms with Crippen molar-refractivity contribution in [3.8, 4) is 0 Å². The van der Waals surface area contributed by atoms with Crippen LogP contribution in [0.3, 0.4) is 0 Å². The lowest BCUT2D eigenvalue weighted by Crippen LogP contribution is -2.36. The Hall–Kier alpha value is -1.73. The first-order chi connectivity index (χ1) is 9.13. The van der Waals surface area contributed by atoms with Gasteiger partial charge in [0.15, 0.2) is 5.65 Å². The molecule has 2 N–H and O–H groups in total. The molecule has 0 bridgehead atoms. The number of fused-ring (bicyclic) bond motifs is 1. The number of aliphatic hydroxyl groups excluding tert-OH is 1. The second kappa shape index (κ2) is 4.75. The van der Waals surface area contributed by atoms with Crippen LogP contribution in [0.4, 0.5) is 0 Å².